The molecule has 9 heteroatoms. The summed E-state index contributed by atoms with van der Waals surface area (Å²) in [5, 5.41) is 3.50. The van der Waals surface area contributed by atoms with Crippen molar-refractivity contribution in [2.24, 2.45) is 11.8 Å². The van der Waals surface area contributed by atoms with E-state index < -0.39 is 10.0 Å². The minimum absolute atomic E-state index is 0.00736. The second-order valence-electron chi connectivity index (χ2n) is 9.96. The van der Waals surface area contributed by atoms with Gasteiger partial charge in [-0.1, -0.05) is 60.1 Å². The van der Waals surface area contributed by atoms with Crippen LogP contribution in [0.25, 0.3) is 0 Å². The fourth-order valence-corrected chi connectivity index (χ4v) is 7.77. The molecule has 0 unspecified atom stereocenters. The molecule has 0 aliphatic carbocycles. The van der Waals surface area contributed by atoms with Gasteiger partial charge in [-0.2, -0.15) is 0 Å². The molecule has 0 radical (unpaired) electrons. The molecular formula is C26H36BrFIN3O2S. The molecule has 2 aromatic rings. The first-order valence-corrected chi connectivity index (χ1v) is 15.5. The van der Waals surface area contributed by atoms with E-state index in [1.165, 1.54) is 8.58 Å². The van der Waals surface area contributed by atoms with Gasteiger partial charge in [0.25, 0.3) is 0 Å². The van der Waals surface area contributed by atoms with Crippen molar-refractivity contribution >= 4 is 54.5 Å². The summed E-state index contributed by atoms with van der Waals surface area (Å²) < 4.78 is 42.5. The summed E-state index contributed by atoms with van der Waals surface area (Å²) in [7, 11) is 0.626. The van der Waals surface area contributed by atoms with Crippen molar-refractivity contribution in [1.82, 2.24) is 7.42 Å². The van der Waals surface area contributed by atoms with Gasteiger partial charge < -0.3 is 10.2 Å². The van der Waals surface area contributed by atoms with Crippen molar-refractivity contribution in [1.29, 1.82) is 0 Å². The Labute approximate surface area is 232 Å². The van der Waals surface area contributed by atoms with E-state index in [0.717, 1.165) is 35.0 Å². The monoisotopic (exact) mass is 679 g/mol. The van der Waals surface area contributed by atoms with E-state index in [1.54, 1.807) is 0 Å². The largest absolute Gasteiger partial charge is 0.375 e. The fourth-order valence-electron chi connectivity index (χ4n) is 4.88. The van der Waals surface area contributed by atoms with Gasteiger partial charge in [-0.05, 0) is 80.9 Å². The maximum atomic E-state index is 14.9. The van der Waals surface area contributed by atoms with Crippen LogP contribution in [-0.2, 0) is 10.0 Å². The Balaban J connectivity index is 1.72. The molecule has 0 amide bonds. The average molecular weight is 680 g/mol. The van der Waals surface area contributed by atoms with Crippen molar-refractivity contribution in [3.05, 3.63) is 63.9 Å². The highest BCUT2D eigenvalue weighted by Crippen LogP contribution is 2.48. The van der Waals surface area contributed by atoms with Gasteiger partial charge in [0.1, 0.15) is 5.82 Å². The molecule has 0 spiro atoms. The summed E-state index contributed by atoms with van der Waals surface area (Å²) in [5.41, 5.74) is 2.71. The Hall–Kier alpha value is -0.750. The van der Waals surface area contributed by atoms with Gasteiger partial charge >= 0.3 is 0 Å². The highest BCUT2D eigenvalue weighted by atomic mass is 127. The van der Waals surface area contributed by atoms with Crippen LogP contribution in [0.3, 0.4) is 0 Å². The van der Waals surface area contributed by atoms with Gasteiger partial charge in [-0.25, -0.2) is 12.8 Å². The molecule has 3 rings (SSSR count). The van der Waals surface area contributed by atoms with Crippen LogP contribution >= 0.6 is 38.8 Å². The van der Waals surface area contributed by atoms with Gasteiger partial charge in [0.05, 0.1) is 17.5 Å². The second kappa shape index (κ2) is 12.7. The van der Waals surface area contributed by atoms with Crippen molar-refractivity contribution < 1.29 is 12.8 Å². The minimum atomic E-state index is -3.27. The quantitative estimate of drug-likeness (QED) is 0.209. The number of hydrogen-bond donors (Lipinski definition) is 1. The Bertz CT molecular complexity index is 1090. The highest BCUT2D eigenvalue weighted by Gasteiger charge is 2.36. The molecule has 35 heavy (non-hydrogen) atoms. The van der Waals surface area contributed by atoms with Crippen LogP contribution in [0.4, 0.5) is 10.1 Å². The average Bonchev–Trinajstić information content (AvgIpc) is 2.79. The first kappa shape index (κ1) is 28.8. The topological polar surface area (TPSA) is 52.7 Å². The summed E-state index contributed by atoms with van der Waals surface area (Å²) in [6.45, 7) is 5.54. The lowest BCUT2D eigenvalue weighted by atomic mass is 9.73. The van der Waals surface area contributed by atoms with Gasteiger partial charge in [0.2, 0.25) is 10.0 Å². The molecule has 0 fully saturated rings. The van der Waals surface area contributed by atoms with E-state index in [-0.39, 0.29) is 35.4 Å². The molecule has 2 aromatic carbocycles. The lowest BCUT2D eigenvalue weighted by Gasteiger charge is -2.40. The Kier molecular flexibility index (Phi) is 10.4. The molecule has 0 saturated carbocycles. The number of hydrogen-bond acceptors (Lipinski definition) is 4. The molecule has 1 N–H and O–H groups in total. The number of anilines is 1. The van der Waals surface area contributed by atoms with Crippen LogP contribution < -0.4 is 5.32 Å². The van der Waals surface area contributed by atoms with Crippen LogP contribution in [0.2, 0.25) is 0 Å². The fraction of sp³-hybridized carbons (Fsp3) is 0.538. The molecule has 1 aliphatic heterocycles. The number of sulfonamides is 1. The molecule has 5 nitrogen and oxygen atoms in total. The zero-order valence-corrected chi connectivity index (χ0v) is 25.4. The van der Waals surface area contributed by atoms with Gasteiger partial charge in [-0.15, -0.1) is 2.52 Å². The molecular weight excluding hydrogens is 644 g/mol. The van der Waals surface area contributed by atoms with E-state index in [4.69, 9.17) is 0 Å². The second-order valence-corrected chi connectivity index (χ2v) is 14.7. The SMILES string of the molecule is C[C@H](CC[C@@H]1[C@H](C)c2cc(Br)cc(F)c2N[C@H]1c1ccccc1)CN(I)S(=O)(=O)CCCN(C)C. The van der Waals surface area contributed by atoms with Crippen LogP contribution in [0, 0.1) is 17.7 Å². The predicted octanol–water partition coefficient (Wildman–Crippen LogP) is 6.82. The number of fused-ring (bicyclic) bond motifs is 1. The first-order valence-electron chi connectivity index (χ1n) is 12.1. The zero-order chi connectivity index (χ0) is 25.8. The third-order valence-electron chi connectivity index (χ3n) is 6.86. The third kappa shape index (κ3) is 7.63. The molecule has 1 aliphatic rings. The summed E-state index contributed by atoms with van der Waals surface area (Å²) in [5.74, 6) is 0.535. The van der Waals surface area contributed by atoms with Crippen molar-refractivity contribution in [3.63, 3.8) is 0 Å². The van der Waals surface area contributed by atoms with Crippen LogP contribution in [0.1, 0.15) is 56.2 Å². The van der Waals surface area contributed by atoms with Crippen molar-refractivity contribution in [3.8, 4) is 0 Å². The van der Waals surface area contributed by atoms with Crippen LogP contribution in [-0.4, -0.2) is 48.8 Å². The smallest absolute Gasteiger partial charge is 0.222 e. The lowest BCUT2D eigenvalue weighted by Crippen LogP contribution is -2.33. The number of benzene rings is 2. The minimum Gasteiger partial charge on any atom is -0.375 e. The zero-order valence-electron chi connectivity index (χ0n) is 20.8. The highest BCUT2D eigenvalue weighted by molar-refractivity contribution is 14.1. The first-order chi connectivity index (χ1) is 16.5. The lowest BCUT2D eigenvalue weighted by molar-refractivity contribution is 0.311. The van der Waals surface area contributed by atoms with Crippen molar-refractivity contribution in [2.75, 3.05) is 38.3 Å². The van der Waals surface area contributed by atoms with Crippen molar-refractivity contribution in [2.45, 2.75) is 45.1 Å². The summed E-state index contributed by atoms with van der Waals surface area (Å²) in [6, 6.07) is 13.7. The maximum absolute atomic E-state index is 14.9. The number of rotatable bonds is 11. The number of halogens is 3. The van der Waals surface area contributed by atoms with Gasteiger partial charge in [0, 0.05) is 33.9 Å². The molecule has 194 valence electrons. The van der Waals surface area contributed by atoms with Gasteiger partial charge in [-0.3, -0.25) is 0 Å². The number of nitrogens with one attached hydrogen (secondary N) is 1. The molecule has 1 heterocycles. The predicted molar refractivity (Wildman–Crippen MR) is 155 cm³/mol. The van der Waals surface area contributed by atoms with E-state index in [1.807, 2.05) is 66.1 Å². The normalized spacial score (nSPS) is 21.1. The Morgan fingerprint density at radius 2 is 1.89 bits per heavy atom. The molecule has 0 bridgehead atoms. The van der Waals surface area contributed by atoms with E-state index >= 15 is 0 Å². The van der Waals surface area contributed by atoms with E-state index in [0.29, 0.717) is 18.7 Å². The molecule has 4 atom stereocenters. The third-order valence-corrected chi connectivity index (χ3v) is 11.1. The Morgan fingerprint density at radius 3 is 2.54 bits per heavy atom. The van der Waals surface area contributed by atoms with Crippen LogP contribution in [0.15, 0.2) is 46.9 Å². The van der Waals surface area contributed by atoms with Gasteiger partial charge in [0.15, 0.2) is 0 Å². The van der Waals surface area contributed by atoms with E-state index in [2.05, 4.69) is 47.2 Å². The summed E-state index contributed by atoms with van der Waals surface area (Å²) in [4.78, 5) is 2.00. The molecule has 0 aromatic heterocycles. The Morgan fingerprint density at radius 1 is 1.20 bits per heavy atom. The van der Waals surface area contributed by atoms with Crippen LogP contribution in [0.5, 0.6) is 0 Å². The summed E-state index contributed by atoms with van der Waals surface area (Å²) >= 11 is 5.40. The standard InChI is InChI=1S/C26H36BrFIN3O2S/c1-18(17-32(29)35(33,34)14-8-13-31(3)4)11-12-22-19(2)23-15-21(27)16-24(28)26(23)30-25(22)20-9-6-5-7-10-20/h5-7,9-10,15-16,18-19,22,25,30H,8,11-14,17H2,1-4H3/t18-,19+,22-,25+/m1/s1. The molecule has 0 saturated heterocycles. The summed E-state index contributed by atoms with van der Waals surface area (Å²) in [6.07, 6.45) is 2.42. The number of nitrogens with zero attached hydrogens (tertiary/aromatic N) is 2. The maximum Gasteiger partial charge on any atom is 0.222 e. The van der Waals surface area contributed by atoms with E-state index in [9.17, 15) is 12.8 Å².